The Labute approximate surface area is 171 Å². The van der Waals surface area contributed by atoms with Crippen LogP contribution >= 0.6 is 11.8 Å². The minimum atomic E-state index is -0.537. The molecule has 0 spiro atoms. The number of benzene rings is 2. The van der Waals surface area contributed by atoms with Gasteiger partial charge in [-0.3, -0.25) is 14.1 Å². The van der Waals surface area contributed by atoms with Crippen LogP contribution in [0, 0.1) is 0 Å². The number of aromatic amines is 1. The second kappa shape index (κ2) is 9.24. The Morgan fingerprint density at radius 1 is 1.07 bits per heavy atom. The normalized spacial score (nSPS) is 11.7. The van der Waals surface area contributed by atoms with E-state index in [1.807, 2.05) is 37.3 Å². The summed E-state index contributed by atoms with van der Waals surface area (Å²) in [4.78, 5) is 36.0. The lowest BCUT2D eigenvalue weighted by Gasteiger charge is -2.12. The van der Waals surface area contributed by atoms with Crippen LogP contribution < -0.4 is 20.9 Å². The molecule has 0 aliphatic carbocycles. The first-order valence-electron chi connectivity index (χ1n) is 9.02. The molecule has 2 amide bonds. The van der Waals surface area contributed by atoms with E-state index in [4.69, 9.17) is 4.52 Å². The van der Waals surface area contributed by atoms with Crippen LogP contribution in [0.15, 0.2) is 68.9 Å². The number of amides is 2. The summed E-state index contributed by atoms with van der Waals surface area (Å²) in [7, 11) is 0. The van der Waals surface area contributed by atoms with Gasteiger partial charge in [0.15, 0.2) is 0 Å². The van der Waals surface area contributed by atoms with E-state index < -0.39 is 10.9 Å². The highest BCUT2D eigenvalue weighted by molar-refractivity contribution is 8.00. The molecule has 0 saturated carbocycles. The number of thioether (sulfide) groups is 1. The number of anilines is 2. The van der Waals surface area contributed by atoms with Gasteiger partial charge in [-0.05, 0) is 52.4 Å². The van der Waals surface area contributed by atoms with E-state index in [2.05, 4.69) is 15.9 Å². The zero-order valence-corrected chi connectivity index (χ0v) is 16.8. The van der Waals surface area contributed by atoms with Crippen molar-refractivity contribution >= 4 is 35.0 Å². The van der Waals surface area contributed by atoms with Gasteiger partial charge >= 0.3 is 10.7 Å². The number of carbonyl (C=O) groups is 2. The fraction of sp³-hybridized carbons (Fsp3) is 0.200. The van der Waals surface area contributed by atoms with Gasteiger partial charge in [0.1, 0.15) is 0 Å². The lowest BCUT2D eigenvalue weighted by molar-refractivity contribution is -0.704. The van der Waals surface area contributed by atoms with Crippen molar-refractivity contribution in [1.29, 1.82) is 0 Å². The van der Waals surface area contributed by atoms with E-state index in [-0.39, 0.29) is 11.8 Å². The molecule has 1 unspecified atom stereocenters. The van der Waals surface area contributed by atoms with Crippen LogP contribution in [0.2, 0.25) is 0 Å². The summed E-state index contributed by atoms with van der Waals surface area (Å²) in [5, 5.41) is 7.87. The van der Waals surface area contributed by atoms with Gasteiger partial charge in [-0.1, -0.05) is 25.1 Å². The van der Waals surface area contributed by atoms with Crippen molar-refractivity contribution in [3.63, 3.8) is 0 Å². The fourth-order valence-electron chi connectivity index (χ4n) is 2.63. The number of hydrogen-bond donors (Lipinski definition) is 3. The molecule has 0 bridgehead atoms. The van der Waals surface area contributed by atoms with Crippen LogP contribution in [0.1, 0.15) is 20.3 Å². The van der Waals surface area contributed by atoms with Crippen LogP contribution in [-0.4, -0.2) is 22.3 Å². The van der Waals surface area contributed by atoms with E-state index >= 15 is 0 Å². The third-order valence-electron chi connectivity index (χ3n) is 4.01. The van der Waals surface area contributed by atoms with Crippen molar-refractivity contribution in [1.82, 2.24) is 5.27 Å². The largest absolute Gasteiger partial charge is 0.442 e. The van der Waals surface area contributed by atoms with Crippen LogP contribution in [0.3, 0.4) is 0 Å². The molecule has 0 radical (unpaired) electrons. The smallest absolute Gasteiger partial charge is 0.326 e. The standard InChI is InChI=1S/C20H20N4O4S/c1-3-17(18(26)22-15-11-9-14(10-12-15)21-13(2)25)29-19-20(27)28-23-24(19)16-7-5-4-6-8-16/h4-12,17,23,27H,3H2,1-2H3/p+1. The number of nitrogens with zero attached hydrogens (tertiary/aromatic N) is 1. The molecule has 9 heteroatoms. The van der Waals surface area contributed by atoms with E-state index in [1.54, 1.807) is 24.3 Å². The zero-order valence-electron chi connectivity index (χ0n) is 16.0. The van der Waals surface area contributed by atoms with Crippen molar-refractivity contribution in [2.45, 2.75) is 30.5 Å². The maximum absolute atomic E-state index is 12.7. The van der Waals surface area contributed by atoms with Crippen LogP contribution in [0.25, 0.3) is 5.69 Å². The molecule has 0 saturated heterocycles. The topological polar surface area (TPSA) is 108 Å². The van der Waals surface area contributed by atoms with Gasteiger partial charge < -0.3 is 10.6 Å². The summed E-state index contributed by atoms with van der Waals surface area (Å²) in [6.45, 7) is 3.30. The predicted octanol–water partition coefficient (Wildman–Crippen LogP) is 2.71. The molecule has 1 atom stereocenters. The average Bonchev–Trinajstić information content (AvgIpc) is 3.08. The molecular formula is C20H21N4O4S+. The minimum Gasteiger partial charge on any atom is -0.326 e. The van der Waals surface area contributed by atoms with Crippen molar-refractivity contribution in [3.8, 4) is 5.69 Å². The maximum Gasteiger partial charge on any atom is 0.442 e. The van der Waals surface area contributed by atoms with Crippen LogP contribution in [0.4, 0.5) is 11.4 Å². The number of nitrogens with one attached hydrogen (secondary N) is 3. The monoisotopic (exact) mass is 413 g/mol. The van der Waals surface area contributed by atoms with Crippen molar-refractivity contribution < 1.29 is 18.8 Å². The quantitative estimate of drug-likeness (QED) is 0.408. The summed E-state index contributed by atoms with van der Waals surface area (Å²) in [5.74, 6) is -0.397. The van der Waals surface area contributed by atoms with E-state index in [0.717, 1.165) is 17.4 Å². The average molecular weight is 413 g/mol. The molecule has 3 N–H and O–H groups in total. The molecule has 8 nitrogen and oxygen atoms in total. The lowest BCUT2D eigenvalue weighted by Crippen LogP contribution is -2.37. The summed E-state index contributed by atoms with van der Waals surface area (Å²) in [5.41, 5.74) is 1.43. The fourth-order valence-corrected chi connectivity index (χ4v) is 3.62. The Morgan fingerprint density at radius 3 is 2.28 bits per heavy atom. The number of H-pyrrole nitrogens is 1. The second-order valence-electron chi connectivity index (χ2n) is 6.22. The number of rotatable bonds is 7. The van der Waals surface area contributed by atoms with Crippen molar-refractivity contribution in [2.75, 3.05) is 10.6 Å². The van der Waals surface area contributed by atoms with Gasteiger partial charge in [-0.25, -0.2) is 4.79 Å². The van der Waals surface area contributed by atoms with E-state index in [1.165, 1.54) is 11.6 Å². The molecule has 150 valence electrons. The van der Waals surface area contributed by atoms with Gasteiger partial charge in [0.05, 0.1) is 5.25 Å². The molecule has 3 aromatic rings. The summed E-state index contributed by atoms with van der Waals surface area (Å²) in [6, 6.07) is 16.0. The highest BCUT2D eigenvalue weighted by atomic mass is 32.2. The molecule has 0 fully saturated rings. The minimum absolute atomic E-state index is 0.165. The Hall–Kier alpha value is -3.33. The first kappa shape index (κ1) is 20.4. The number of hydrogen-bond acceptors (Lipinski definition) is 5. The molecule has 1 aromatic heterocycles. The summed E-state index contributed by atoms with van der Waals surface area (Å²) < 4.78 is 6.45. The van der Waals surface area contributed by atoms with Crippen LogP contribution in [0.5, 0.6) is 0 Å². The lowest BCUT2D eigenvalue weighted by atomic mass is 10.2. The number of carbonyl (C=O) groups excluding carboxylic acids is 2. The van der Waals surface area contributed by atoms with E-state index in [9.17, 15) is 14.4 Å². The van der Waals surface area contributed by atoms with Gasteiger partial charge in [0.2, 0.25) is 17.5 Å². The van der Waals surface area contributed by atoms with Gasteiger partial charge in [0, 0.05) is 30.4 Å². The highest BCUT2D eigenvalue weighted by Crippen LogP contribution is 2.23. The molecule has 0 aliphatic rings. The summed E-state index contributed by atoms with van der Waals surface area (Å²) in [6.07, 6.45) is 0.514. The Kier molecular flexibility index (Phi) is 6.50. The first-order chi connectivity index (χ1) is 14.0. The Bertz CT molecular complexity index is 1040. The third kappa shape index (κ3) is 5.14. The number of para-hydroxylation sites is 1. The predicted molar refractivity (Wildman–Crippen MR) is 110 cm³/mol. The molecule has 2 aromatic carbocycles. The van der Waals surface area contributed by atoms with Gasteiger partial charge in [0.25, 0.3) is 0 Å². The molecule has 0 aliphatic heterocycles. The van der Waals surface area contributed by atoms with Gasteiger partial charge in [-0.15, -0.1) is 0 Å². The Morgan fingerprint density at radius 2 is 1.69 bits per heavy atom. The Balaban J connectivity index is 1.74. The highest BCUT2D eigenvalue weighted by Gasteiger charge is 2.30. The summed E-state index contributed by atoms with van der Waals surface area (Å²) >= 11 is 1.14. The molecule has 1 heterocycles. The zero-order chi connectivity index (χ0) is 20.8. The van der Waals surface area contributed by atoms with Crippen molar-refractivity contribution in [3.05, 3.63) is 65.0 Å². The van der Waals surface area contributed by atoms with Crippen LogP contribution in [-0.2, 0) is 9.59 Å². The van der Waals surface area contributed by atoms with Crippen molar-refractivity contribution in [2.24, 2.45) is 0 Å². The molecular weight excluding hydrogens is 392 g/mol. The molecule has 29 heavy (non-hydrogen) atoms. The first-order valence-corrected chi connectivity index (χ1v) is 9.90. The third-order valence-corrected chi connectivity index (χ3v) is 5.42. The number of aromatic nitrogens is 2. The SMILES string of the molecule is CCC(Sc1c(=O)o[nH][n+]1-c1ccccc1)C(=O)Nc1ccc(NC(C)=O)cc1. The van der Waals surface area contributed by atoms with Gasteiger partial charge in [-0.2, -0.15) is 0 Å². The molecule has 3 rings (SSSR count). The maximum atomic E-state index is 12.7. The second-order valence-corrected chi connectivity index (χ2v) is 7.41. The van der Waals surface area contributed by atoms with E-state index in [0.29, 0.717) is 22.8 Å².